The summed E-state index contributed by atoms with van der Waals surface area (Å²) in [7, 11) is 0. The van der Waals surface area contributed by atoms with Crippen LogP contribution in [0.25, 0.3) is 0 Å². The van der Waals surface area contributed by atoms with Crippen molar-refractivity contribution in [2.45, 2.75) is 52.6 Å². The van der Waals surface area contributed by atoms with Gasteiger partial charge in [-0.3, -0.25) is 4.79 Å². The van der Waals surface area contributed by atoms with E-state index >= 15 is 0 Å². The van der Waals surface area contributed by atoms with E-state index in [0.717, 1.165) is 19.4 Å². The number of nitrogens with one attached hydrogen (secondary N) is 2. The molecule has 1 fully saturated rings. The number of hydrogen-bond donors (Lipinski definition) is 3. The summed E-state index contributed by atoms with van der Waals surface area (Å²) in [6, 6.07) is -1.12. The fourth-order valence-electron chi connectivity index (χ4n) is 2.20. The minimum absolute atomic E-state index is 0.205. The minimum Gasteiger partial charge on any atom is -0.480 e. The van der Waals surface area contributed by atoms with Crippen molar-refractivity contribution in [2.24, 2.45) is 11.3 Å². The molecule has 0 bridgehead atoms. The molecule has 3 N–H and O–H groups in total. The summed E-state index contributed by atoms with van der Waals surface area (Å²) in [5, 5.41) is 15.0. The van der Waals surface area contributed by atoms with Crippen LogP contribution < -0.4 is 10.6 Å². The Hall–Kier alpha value is -1.10. The maximum atomic E-state index is 12.1. The van der Waals surface area contributed by atoms with Crippen molar-refractivity contribution in [2.75, 3.05) is 6.54 Å². The second-order valence-electron chi connectivity index (χ2n) is 6.28. The summed E-state index contributed by atoms with van der Waals surface area (Å²) in [5.74, 6) is -0.691. The predicted molar refractivity (Wildman–Crippen MR) is 69.2 cm³/mol. The molecule has 1 saturated heterocycles. The number of rotatable bonds is 3. The molecule has 1 rings (SSSR count). The van der Waals surface area contributed by atoms with E-state index in [1.807, 2.05) is 20.8 Å². The first-order valence-corrected chi connectivity index (χ1v) is 6.48. The maximum absolute atomic E-state index is 12.1. The zero-order chi connectivity index (χ0) is 13.9. The van der Waals surface area contributed by atoms with E-state index in [1.54, 1.807) is 0 Å². The SMILES string of the molecule is CC1CCNC(C(=O)N[C@@H](C(=O)O)C(C)(C)C)C1. The molecule has 0 aromatic heterocycles. The quantitative estimate of drug-likeness (QED) is 0.703. The molecule has 0 aromatic rings. The first-order chi connectivity index (χ1) is 8.21. The third-order valence-electron chi connectivity index (χ3n) is 3.38. The molecule has 1 aliphatic rings. The largest absolute Gasteiger partial charge is 0.480 e. The highest BCUT2D eigenvalue weighted by Gasteiger charge is 2.35. The van der Waals surface area contributed by atoms with Crippen LogP contribution in [-0.4, -0.2) is 35.6 Å². The zero-order valence-corrected chi connectivity index (χ0v) is 11.6. The Morgan fingerprint density at radius 1 is 1.39 bits per heavy atom. The van der Waals surface area contributed by atoms with E-state index in [-0.39, 0.29) is 11.9 Å². The molecular weight excluding hydrogens is 232 g/mol. The predicted octanol–water partition coefficient (Wildman–Crippen LogP) is 0.990. The van der Waals surface area contributed by atoms with Gasteiger partial charge in [0, 0.05) is 0 Å². The van der Waals surface area contributed by atoms with Crippen LogP contribution in [0.15, 0.2) is 0 Å². The first-order valence-electron chi connectivity index (χ1n) is 6.48. The average Bonchev–Trinajstić information content (AvgIpc) is 2.23. The van der Waals surface area contributed by atoms with Gasteiger partial charge in [0.1, 0.15) is 6.04 Å². The van der Waals surface area contributed by atoms with Crippen molar-refractivity contribution in [3.05, 3.63) is 0 Å². The molecule has 1 aliphatic heterocycles. The van der Waals surface area contributed by atoms with Gasteiger partial charge < -0.3 is 15.7 Å². The van der Waals surface area contributed by atoms with E-state index in [9.17, 15) is 14.7 Å². The van der Waals surface area contributed by atoms with Gasteiger partial charge >= 0.3 is 5.97 Å². The van der Waals surface area contributed by atoms with Gasteiger partial charge in [-0.15, -0.1) is 0 Å². The molecule has 18 heavy (non-hydrogen) atoms. The average molecular weight is 256 g/mol. The Balaban J connectivity index is 2.64. The molecule has 5 nitrogen and oxygen atoms in total. The number of hydrogen-bond acceptors (Lipinski definition) is 3. The lowest BCUT2D eigenvalue weighted by atomic mass is 9.86. The van der Waals surface area contributed by atoms with Crippen molar-refractivity contribution >= 4 is 11.9 Å². The van der Waals surface area contributed by atoms with E-state index in [4.69, 9.17) is 0 Å². The molecule has 0 aliphatic carbocycles. The van der Waals surface area contributed by atoms with Crippen molar-refractivity contribution in [1.29, 1.82) is 0 Å². The van der Waals surface area contributed by atoms with Crippen LogP contribution in [-0.2, 0) is 9.59 Å². The highest BCUT2D eigenvalue weighted by atomic mass is 16.4. The van der Waals surface area contributed by atoms with Crippen molar-refractivity contribution in [3.63, 3.8) is 0 Å². The van der Waals surface area contributed by atoms with Crippen LogP contribution in [0.5, 0.6) is 0 Å². The van der Waals surface area contributed by atoms with Crippen molar-refractivity contribution in [3.8, 4) is 0 Å². The van der Waals surface area contributed by atoms with Crippen molar-refractivity contribution < 1.29 is 14.7 Å². The second kappa shape index (κ2) is 5.69. The Morgan fingerprint density at radius 3 is 2.44 bits per heavy atom. The lowest BCUT2D eigenvalue weighted by Crippen LogP contribution is -2.56. The Bertz CT molecular complexity index is 323. The molecule has 1 amide bonds. The minimum atomic E-state index is -0.986. The number of carboxylic acids is 1. The number of amides is 1. The number of carbonyl (C=O) groups excluding carboxylic acids is 1. The lowest BCUT2D eigenvalue weighted by molar-refractivity contribution is -0.145. The molecule has 104 valence electrons. The van der Waals surface area contributed by atoms with Gasteiger partial charge in [0.15, 0.2) is 0 Å². The molecule has 0 aromatic carbocycles. The number of carboxylic acid groups (broad SMARTS) is 1. The fourth-order valence-corrected chi connectivity index (χ4v) is 2.20. The van der Waals surface area contributed by atoms with E-state index in [1.165, 1.54) is 0 Å². The number of carbonyl (C=O) groups is 2. The topological polar surface area (TPSA) is 78.4 Å². The van der Waals surface area contributed by atoms with Gasteiger partial charge in [-0.25, -0.2) is 4.79 Å². The van der Waals surface area contributed by atoms with Crippen LogP contribution in [0, 0.1) is 11.3 Å². The molecule has 0 saturated carbocycles. The maximum Gasteiger partial charge on any atom is 0.326 e. The van der Waals surface area contributed by atoms with Gasteiger partial charge in [0.2, 0.25) is 5.91 Å². The van der Waals surface area contributed by atoms with Gasteiger partial charge in [0.05, 0.1) is 6.04 Å². The number of aliphatic carboxylic acids is 1. The second-order valence-corrected chi connectivity index (χ2v) is 6.28. The summed E-state index contributed by atoms with van der Waals surface area (Å²) < 4.78 is 0. The summed E-state index contributed by atoms with van der Waals surface area (Å²) >= 11 is 0. The zero-order valence-electron chi connectivity index (χ0n) is 11.6. The Labute approximate surface area is 108 Å². The molecule has 5 heteroatoms. The van der Waals surface area contributed by atoms with Crippen LogP contribution >= 0.6 is 0 Å². The van der Waals surface area contributed by atoms with E-state index in [0.29, 0.717) is 5.92 Å². The third-order valence-corrected chi connectivity index (χ3v) is 3.38. The number of piperidine rings is 1. The standard InChI is InChI=1S/C13H24N2O3/c1-8-5-6-14-9(7-8)11(16)15-10(12(17)18)13(2,3)4/h8-10,14H,5-7H2,1-4H3,(H,15,16)(H,17,18)/t8?,9?,10-/m0/s1. The first kappa shape index (κ1) is 15.0. The van der Waals surface area contributed by atoms with Crippen LogP contribution in [0.1, 0.15) is 40.5 Å². The third kappa shape index (κ3) is 3.98. The highest BCUT2D eigenvalue weighted by molar-refractivity contribution is 5.87. The summed E-state index contributed by atoms with van der Waals surface area (Å²) in [4.78, 5) is 23.3. The van der Waals surface area contributed by atoms with Crippen LogP contribution in [0.3, 0.4) is 0 Å². The summed E-state index contributed by atoms with van der Waals surface area (Å²) in [6.45, 7) is 8.35. The van der Waals surface area contributed by atoms with Gasteiger partial charge in [-0.1, -0.05) is 27.7 Å². The molecule has 2 unspecified atom stereocenters. The van der Waals surface area contributed by atoms with Gasteiger partial charge in [-0.2, -0.15) is 0 Å². The van der Waals surface area contributed by atoms with E-state index < -0.39 is 17.4 Å². The highest BCUT2D eigenvalue weighted by Crippen LogP contribution is 2.21. The lowest BCUT2D eigenvalue weighted by Gasteiger charge is -2.32. The van der Waals surface area contributed by atoms with Gasteiger partial charge in [-0.05, 0) is 30.7 Å². The van der Waals surface area contributed by atoms with Crippen LogP contribution in [0.2, 0.25) is 0 Å². The monoisotopic (exact) mass is 256 g/mol. The fraction of sp³-hybridized carbons (Fsp3) is 0.846. The summed E-state index contributed by atoms with van der Waals surface area (Å²) in [5.41, 5.74) is -0.498. The van der Waals surface area contributed by atoms with E-state index in [2.05, 4.69) is 17.6 Å². The molecule has 1 heterocycles. The Morgan fingerprint density at radius 2 is 2.00 bits per heavy atom. The van der Waals surface area contributed by atoms with Crippen LogP contribution in [0.4, 0.5) is 0 Å². The smallest absolute Gasteiger partial charge is 0.326 e. The van der Waals surface area contributed by atoms with Crippen molar-refractivity contribution in [1.82, 2.24) is 10.6 Å². The Kier molecular flexibility index (Phi) is 4.73. The normalized spacial score (nSPS) is 26.4. The molecule has 0 spiro atoms. The molecule has 0 radical (unpaired) electrons. The van der Waals surface area contributed by atoms with Gasteiger partial charge in [0.25, 0.3) is 0 Å². The molecule has 3 atom stereocenters. The molecular formula is C13H24N2O3. The summed E-state index contributed by atoms with van der Waals surface area (Å²) in [6.07, 6.45) is 1.83.